The van der Waals surface area contributed by atoms with E-state index >= 15 is 0 Å². The molecule has 130 valence electrons. The van der Waals surface area contributed by atoms with Gasteiger partial charge in [0.05, 0.1) is 6.61 Å². The third-order valence-electron chi connectivity index (χ3n) is 5.48. The highest BCUT2D eigenvalue weighted by molar-refractivity contribution is 9.09. The molecule has 3 aliphatic rings. The SMILES string of the molecule is O=C(OC1CC2C3OC3C(C1)N2CCBr)C(CO)c1ccccc1. The number of hydrogen-bond donors (Lipinski definition) is 1. The molecular formula is C18H22BrNO4. The molecule has 0 aliphatic carbocycles. The van der Waals surface area contributed by atoms with Gasteiger partial charge in [-0.3, -0.25) is 9.69 Å². The minimum Gasteiger partial charge on any atom is -0.462 e. The maximum Gasteiger partial charge on any atom is 0.316 e. The summed E-state index contributed by atoms with van der Waals surface area (Å²) in [6, 6.07) is 10.1. The van der Waals surface area contributed by atoms with Gasteiger partial charge in [-0.2, -0.15) is 0 Å². The predicted octanol–water partition coefficient (Wildman–Crippen LogP) is 1.68. The van der Waals surface area contributed by atoms with E-state index in [-0.39, 0.29) is 18.7 Å². The lowest BCUT2D eigenvalue weighted by Crippen LogP contribution is -2.50. The third-order valence-corrected chi connectivity index (χ3v) is 5.83. The number of morpholine rings is 1. The van der Waals surface area contributed by atoms with E-state index < -0.39 is 5.92 Å². The van der Waals surface area contributed by atoms with Crippen LogP contribution in [-0.4, -0.2) is 64.9 Å². The van der Waals surface area contributed by atoms with Gasteiger partial charge in [0.1, 0.15) is 24.2 Å². The van der Waals surface area contributed by atoms with Gasteiger partial charge in [0.25, 0.3) is 0 Å². The van der Waals surface area contributed by atoms with Gasteiger partial charge in [0.2, 0.25) is 0 Å². The molecule has 4 rings (SSSR count). The molecule has 5 nitrogen and oxygen atoms in total. The van der Waals surface area contributed by atoms with Crippen LogP contribution < -0.4 is 0 Å². The summed E-state index contributed by atoms with van der Waals surface area (Å²) in [6.45, 7) is 0.780. The summed E-state index contributed by atoms with van der Waals surface area (Å²) in [7, 11) is 0. The topological polar surface area (TPSA) is 62.3 Å². The monoisotopic (exact) mass is 395 g/mol. The number of aliphatic hydroxyl groups is 1. The lowest BCUT2D eigenvalue weighted by molar-refractivity contribution is -0.156. The van der Waals surface area contributed by atoms with Crippen LogP contribution in [0, 0.1) is 0 Å². The number of carbonyl (C=O) groups is 1. The van der Waals surface area contributed by atoms with E-state index in [1.807, 2.05) is 30.3 Å². The number of epoxide rings is 1. The van der Waals surface area contributed by atoms with Gasteiger partial charge in [-0.25, -0.2) is 0 Å². The van der Waals surface area contributed by atoms with Gasteiger partial charge in [0, 0.05) is 36.8 Å². The second-order valence-corrected chi connectivity index (χ2v) is 7.60. The fourth-order valence-electron chi connectivity index (χ4n) is 4.33. The van der Waals surface area contributed by atoms with Crippen molar-refractivity contribution in [3.8, 4) is 0 Å². The number of fused-ring (bicyclic) bond motifs is 5. The van der Waals surface area contributed by atoms with Crippen molar-refractivity contribution in [1.82, 2.24) is 4.90 Å². The Labute approximate surface area is 150 Å². The molecule has 3 aliphatic heterocycles. The Kier molecular flexibility index (Phi) is 4.64. The van der Waals surface area contributed by atoms with Crippen LogP contribution in [0.25, 0.3) is 0 Å². The normalized spacial score (nSPS) is 35.3. The Morgan fingerprint density at radius 2 is 1.96 bits per heavy atom. The second kappa shape index (κ2) is 6.75. The molecule has 0 amide bonds. The number of ether oxygens (including phenoxy) is 2. The molecule has 1 N–H and O–H groups in total. The molecular weight excluding hydrogens is 374 g/mol. The highest BCUT2D eigenvalue weighted by Crippen LogP contribution is 2.48. The number of halogens is 1. The third kappa shape index (κ3) is 2.90. The van der Waals surface area contributed by atoms with E-state index in [9.17, 15) is 9.90 Å². The van der Waals surface area contributed by atoms with Crippen molar-refractivity contribution in [2.75, 3.05) is 18.5 Å². The maximum absolute atomic E-state index is 12.5. The molecule has 1 aromatic rings. The average molecular weight is 396 g/mol. The molecule has 3 fully saturated rings. The van der Waals surface area contributed by atoms with E-state index in [0.29, 0.717) is 24.3 Å². The highest BCUT2D eigenvalue weighted by Gasteiger charge is 2.63. The molecule has 0 radical (unpaired) electrons. The maximum atomic E-state index is 12.5. The van der Waals surface area contributed by atoms with Crippen molar-refractivity contribution in [2.24, 2.45) is 0 Å². The van der Waals surface area contributed by atoms with Gasteiger partial charge in [-0.1, -0.05) is 46.3 Å². The fraction of sp³-hybridized carbons (Fsp3) is 0.611. The van der Waals surface area contributed by atoms with Crippen LogP contribution in [0.5, 0.6) is 0 Å². The molecule has 5 unspecified atom stereocenters. The van der Waals surface area contributed by atoms with Crippen LogP contribution in [0.2, 0.25) is 0 Å². The second-order valence-electron chi connectivity index (χ2n) is 6.80. The number of aliphatic hydroxyl groups excluding tert-OH is 1. The summed E-state index contributed by atoms with van der Waals surface area (Å²) < 4.78 is 11.5. The van der Waals surface area contributed by atoms with Crippen molar-refractivity contribution in [1.29, 1.82) is 0 Å². The zero-order chi connectivity index (χ0) is 16.7. The van der Waals surface area contributed by atoms with Gasteiger partial charge in [-0.05, 0) is 5.56 Å². The Balaban J connectivity index is 1.41. The largest absolute Gasteiger partial charge is 0.462 e. The lowest BCUT2D eigenvalue weighted by Gasteiger charge is -2.40. The summed E-state index contributed by atoms with van der Waals surface area (Å²) in [4.78, 5) is 15.0. The van der Waals surface area contributed by atoms with E-state index in [2.05, 4.69) is 20.8 Å². The standard InChI is InChI=1S/C18H22BrNO4/c19-6-7-20-14-8-12(9-15(20)17-16(14)24-17)23-18(22)13(10-21)11-4-2-1-3-5-11/h1-5,12-17,21H,6-10H2. The summed E-state index contributed by atoms with van der Waals surface area (Å²) in [5.41, 5.74) is 0.802. The number of alkyl halides is 1. The van der Waals surface area contributed by atoms with E-state index in [4.69, 9.17) is 9.47 Å². The van der Waals surface area contributed by atoms with E-state index in [1.54, 1.807) is 0 Å². The molecule has 24 heavy (non-hydrogen) atoms. The number of nitrogens with zero attached hydrogens (tertiary/aromatic N) is 1. The highest BCUT2D eigenvalue weighted by atomic mass is 79.9. The summed E-state index contributed by atoms with van der Waals surface area (Å²) in [5, 5.41) is 10.6. The first-order valence-electron chi connectivity index (χ1n) is 8.56. The first-order chi connectivity index (χ1) is 11.7. The number of esters is 1. The Morgan fingerprint density at radius 3 is 2.54 bits per heavy atom. The molecule has 0 saturated carbocycles. The quantitative estimate of drug-likeness (QED) is 0.451. The molecule has 6 heteroatoms. The van der Waals surface area contributed by atoms with Gasteiger partial charge in [0.15, 0.2) is 0 Å². The van der Waals surface area contributed by atoms with Gasteiger partial charge < -0.3 is 14.6 Å². The van der Waals surface area contributed by atoms with E-state index in [1.165, 1.54) is 0 Å². The molecule has 5 atom stereocenters. The summed E-state index contributed by atoms with van der Waals surface area (Å²) >= 11 is 3.52. The van der Waals surface area contributed by atoms with Gasteiger partial charge in [-0.15, -0.1) is 0 Å². The zero-order valence-corrected chi connectivity index (χ0v) is 15.0. The Morgan fingerprint density at radius 1 is 1.29 bits per heavy atom. The van der Waals surface area contributed by atoms with Crippen LogP contribution in [0.4, 0.5) is 0 Å². The van der Waals surface area contributed by atoms with Crippen LogP contribution in [0.1, 0.15) is 24.3 Å². The van der Waals surface area contributed by atoms with Crippen LogP contribution >= 0.6 is 15.9 Å². The smallest absolute Gasteiger partial charge is 0.316 e. The molecule has 3 heterocycles. The van der Waals surface area contributed by atoms with Crippen molar-refractivity contribution in [3.63, 3.8) is 0 Å². The predicted molar refractivity (Wildman–Crippen MR) is 92.1 cm³/mol. The first-order valence-corrected chi connectivity index (χ1v) is 9.68. The number of rotatable bonds is 6. The van der Waals surface area contributed by atoms with Crippen molar-refractivity contribution < 1.29 is 19.4 Å². The number of hydrogen-bond acceptors (Lipinski definition) is 5. The molecule has 3 saturated heterocycles. The number of benzene rings is 1. The van der Waals surface area contributed by atoms with Crippen LogP contribution in [0.15, 0.2) is 30.3 Å². The van der Waals surface area contributed by atoms with Gasteiger partial charge >= 0.3 is 5.97 Å². The fourth-order valence-corrected chi connectivity index (χ4v) is 4.74. The minimum absolute atomic E-state index is 0.0757. The zero-order valence-electron chi connectivity index (χ0n) is 13.4. The molecule has 0 spiro atoms. The lowest BCUT2D eigenvalue weighted by atomic mass is 9.97. The molecule has 1 aromatic carbocycles. The Hall–Kier alpha value is -0.950. The van der Waals surface area contributed by atoms with Crippen LogP contribution in [0.3, 0.4) is 0 Å². The van der Waals surface area contributed by atoms with E-state index in [0.717, 1.165) is 30.3 Å². The minimum atomic E-state index is -0.602. The Bertz CT molecular complexity index is 580. The van der Waals surface area contributed by atoms with Crippen molar-refractivity contribution >= 4 is 21.9 Å². The first kappa shape index (κ1) is 16.5. The van der Waals surface area contributed by atoms with Crippen molar-refractivity contribution in [2.45, 2.75) is 49.2 Å². The number of carbonyl (C=O) groups excluding carboxylic acids is 1. The van der Waals surface area contributed by atoms with Crippen molar-refractivity contribution in [3.05, 3.63) is 35.9 Å². The number of piperidine rings is 1. The molecule has 2 bridgehead atoms. The summed E-state index contributed by atoms with van der Waals surface area (Å²) in [5.74, 6) is -0.924. The summed E-state index contributed by atoms with van der Waals surface area (Å²) in [6.07, 6.45) is 2.21. The molecule has 0 aromatic heterocycles. The average Bonchev–Trinajstić information content (AvgIpc) is 3.34. The van der Waals surface area contributed by atoms with Crippen LogP contribution in [-0.2, 0) is 14.3 Å².